The minimum absolute atomic E-state index is 0.0502. The van der Waals surface area contributed by atoms with Gasteiger partial charge in [-0.1, -0.05) is 30.3 Å². The van der Waals surface area contributed by atoms with E-state index in [1.165, 1.54) is 27.1 Å². The first kappa shape index (κ1) is 21.4. The molecule has 0 unspecified atom stereocenters. The van der Waals surface area contributed by atoms with Crippen LogP contribution in [0.4, 0.5) is 0 Å². The van der Waals surface area contributed by atoms with E-state index in [0.29, 0.717) is 36.4 Å². The second-order valence-electron chi connectivity index (χ2n) is 7.16. The molecular weight excluding hydrogens is 430 g/mol. The molecule has 160 valence electrons. The maximum atomic E-state index is 13.0. The molecule has 1 aromatic carbocycles. The van der Waals surface area contributed by atoms with Crippen molar-refractivity contribution < 1.29 is 9.53 Å². The monoisotopic (exact) mass is 453 g/mol. The van der Waals surface area contributed by atoms with Gasteiger partial charge in [0.05, 0.1) is 18.3 Å². The van der Waals surface area contributed by atoms with Gasteiger partial charge in [-0.3, -0.25) is 14.2 Å². The highest BCUT2D eigenvalue weighted by molar-refractivity contribution is 7.19. The van der Waals surface area contributed by atoms with E-state index < -0.39 is 0 Å². The number of hydrogen-bond acceptors (Lipinski definition) is 6. The fourth-order valence-electron chi connectivity index (χ4n) is 3.22. The van der Waals surface area contributed by atoms with Crippen molar-refractivity contribution in [2.45, 2.75) is 26.5 Å². The van der Waals surface area contributed by atoms with E-state index in [9.17, 15) is 9.59 Å². The smallest absolute Gasteiger partial charge is 0.263 e. The number of nitrogens with one attached hydrogen (secondary N) is 1. The van der Waals surface area contributed by atoms with Crippen molar-refractivity contribution in [3.63, 3.8) is 0 Å². The molecule has 31 heavy (non-hydrogen) atoms. The fraction of sp³-hybridized carbons (Fsp3) is 0.261. The standard InChI is InChI=1S/C23H23N3O3S2/c1-16-8-9-19(31-16)18-14-30-22-21(18)23(28)26(15-25-22)12-20(27)24-10-5-11-29-13-17-6-3-2-4-7-17/h2-4,6-9,14-15H,5,10-13H2,1H3,(H,24,27). The van der Waals surface area contributed by atoms with Gasteiger partial charge in [-0.05, 0) is 31.0 Å². The second-order valence-corrected chi connectivity index (χ2v) is 9.31. The minimum Gasteiger partial charge on any atom is -0.377 e. The molecule has 0 fully saturated rings. The van der Waals surface area contributed by atoms with E-state index in [-0.39, 0.29) is 18.0 Å². The number of ether oxygens (including phenoxy) is 1. The van der Waals surface area contributed by atoms with Crippen LogP contribution in [0.15, 0.2) is 59.0 Å². The molecule has 6 nitrogen and oxygen atoms in total. The average Bonchev–Trinajstić information content (AvgIpc) is 3.40. The summed E-state index contributed by atoms with van der Waals surface area (Å²) in [5.41, 5.74) is 1.83. The molecule has 0 radical (unpaired) electrons. The predicted octanol–water partition coefficient (Wildman–Crippen LogP) is 4.22. The zero-order chi connectivity index (χ0) is 21.6. The first-order valence-corrected chi connectivity index (χ1v) is 11.7. The number of thiophene rings is 2. The van der Waals surface area contributed by atoms with Crippen LogP contribution >= 0.6 is 22.7 Å². The van der Waals surface area contributed by atoms with Gasteiger partial charge >= 0.3 is 0 Å². The number of carbonyl (C=O) groups is 1. The van der Waals surface area contributed by atoms with Gasteiger partial charge < -0.3 is 10.1 Å². The Morgan fingerprint density at radius 3 is 2.81 bits per heavy atom. The molecule has 0 saturated heterocycles. The van der Waals surface area contributed by atoms with Crippen LogP contribution in [0, 0.1) is 6.92 Å². The van der Waals surface area contributed by atoms with Gasteiger partial charge in [0.1, 0.15) is 11.4 Å². The number of aromatic nitrogens is 2. The Morgan fingerprint density at radius 1 is 1.19 bits per heavy atom. The molecular formula is C23H23N3O3S2. The molecule has 0 bridgehead atoms. The maximum absolute atomic E-state index is 13.0. The van der Waals surface area contributed by atoms with Crippen molar-refractivity contribution in [3.05, 3.63) is 75.0 Å². The van der Waals surface area contributed by atoms with Crippen LogP contribution in [-0.4, -0.2) is 28.6 Å². The normalized spacial score (nSPS) is 11.1. The lowest BCUT2D eigenvalue weighted by Gasteiger charge is -2.08. The first-order chi connectivity index (χ1) is 15.1. The lowest BCUT2D eigenvalue weighted by atomic mass is 10.2. The van der Waals surface area contributed by atoms with E-state index in [0.717, 1.165) is 16.0 Å². The molecule has 0 atom stereocenters. The van der Waals surface area contributed by atoms with Crippen molar-refractivity contribution in [3.8, 4) is 10.4 Å². The molecule has 3 aromatic heterocycles. The van der Waals surface area contributed by atoms with Crippen molar-refractivity contribution >= 4 is 38.8 Å². The van der Waals surface area contributed by atoms with Crippen LogP contribution in [0.25, 0.3) is 20.7 Å². The average molecular weight is 454 g/mol. The summed E-state index contributed by atoms with van der Waals surface area (Å²) in [6.45, 7) is 3.60. The maximum Gasteiger partial charge on any atom is 0.263 e. The Kier molecular flexibility index (Phi) is 6.91. The topological polar surface area (TPSA) is 73.2 Å². The number of rotatable bonds is 9. The van der Waals surface area contributed by atoms with Gasteiger partial charge in [0, 0.05) is 33.8 Å². The van der Waals surface area contributed by atoms with E-state index in [1.807, 2.05) is 54.8 Å². The van der Waals surface area contributed by atoms with Crippen LogP contribution < -0.4 is 10.9 Å². The summed E-state index contributed by atoms with van der Waals surface area (Å²) in [4.78, 5) is 32.6. The Labute approximate surface area is 188 Å². The first-order valence-electron chi connectivity index (χ1n) is 10.0. The quantitative estimate of drug-likeness (QED) is 0.385. The zero-order valence-corrected chi connectivity index (χ0v) is 18.8. The molecule has 0 aliphatic rings. The molecule has 1 amide bonds. The highest BCUT2D eigenvalue weighted by Crippen LogP contribution is 2.34. The molecule has 0 aliphatic heterocycles. The summed E-state index contributed by atoms with van der Waals surface area (Å²) >= 11 is 3.09. The van der Waals surface area contributed by atoms with Crippen LogP contribution in [-0.2, 0) is 22.7 Å². The van der Waals surface area contributed by atoms with Gasteiger partial charge in [0.15, 0.2) is 0 Å². The number of nitrogens with zero attached hydrogens (tertiary/aromatic N) is 2. The van der Waals surface area contributed by atoms with Crippen molar-refractivity contribution in [1.29, 1.82) is 0 Å². The highest BCUT2D eigenvalue weighted by Gasteiger charge is 2.15. The molecule has 3 heterocycles. The fourth-order valence-corrected chi connectivity index (χ4v) is 5.08. The number of benzene rings is 1. The summed E-state index contributed by atoms with van der Waals surface area (Å²) in [6.07, 6.45) is 2.16. The van der Waals surface area contributed by atoms with Crippen molar-refractivity contribution in [1.82, 2.24) is 14.9 Å². The third kappa shape index (κ3) is 5.28. The van der Waals surface area contributed by atoms with E-state index in [2.05, 4.69) is 10.3 Å². The molecule has 8 heteroatoms. The summed E-state index contributed by atoms with van der Waals surface area (Å²) < 4.78 is 7.00. The summed E-state index contributed by atoms with van der Waals surface area (Å²) in [7, 11) is 0. The van der Waals surface area contributed by atoms with Crippen LogP contribution in [0.1, 0.15) is 16.9 Å². The SMILES string of the molecule is Cc1ccc(-c2csc3ncn(CC(=O)NCCCOCc4ccccc4)c(=O)c23)s1. The van der Waals surface area contributed by atoms with Gasteiger partial charge in [0.2, 0.25) is 5.91 Å². The van der Waals surface area contributed by atoms with E-state index in [1.54, 1.807) is 11.3 Å². The molecule has 0 spiro atoms. The molecule has 0 saturated carbocycles. The van der Waals surface area contributed by atoms with Crippen molar-refractivity contribution in [2.75, 3.05) is 13.2 Å². The van der Waals surface area contributed by atoms with Crippen LogP contribution in [0.5, 0.6) is 0 Å². The summed E-state index contributed by atoms with van der Waals surface area (Å²) in [5, 5.41) is 5.39. The summed E-state index contributed by atoms with van der Waals surface area (Å²) in [6, 6.07) is 14.0. The lowest BCUT2D eigenvalue weighted by Crippen LogP contribution is -2.33. The Hall–Kier alpha value is -2.81. The number of amides is 1. The summed E-state index contributed by atoms with van der Waals surface area (Å²) in [5.74, 6) is -0.213. The number of hydrogen-bond donors (Lipinski definition) is 1. The third-order valence-electron chi connectivity index (χ3n) is 4.78. The van der Waals surface area contributed by atoms with Gasteiger partial charge in [-0.25, -0.2) is 4.98 Å². The van der Waals surface area contributed by atoms with Gasteiger partial charge in [-0.2, -0.15) is 0 Å². The van der Waals surface area contributed by atoms with E-state index >= 15 is 0 Å². The highest BCUT2D eigenvalue weighted by atomic mass is 32.1. The number of aryl methyl sites for hydroxylation is 1. The largest absolute Gasteiger partial charge is 0.377 e. The number of carbonyl (C=O) groups excluding carboxylic acids is 1. The van der Waals surface area contributed by atoms with Gasteiger partial charge in [0.25, 0.3) is 5.56 Å². The van der Waals surface area contributed by atoms with Gasteiger partial charge in [-0.15, -0.1) is 22.7 Å². The molecule has 1 N–H and O–H groups in total. The zero-order valence-electron chi connectivity index (χ0n) is 17.2. The molecule has 4 aromatic rings. The minimum atomic E-state index is -0.213. The second kappa shape index (κ2) is 10.00. The lowest BCUT2D eigenvalue weighted by molar-refractivity contribution is -0.121. The molecule has 0 aliphatic carbocycles. The predicted molar refractivity (Wildman–Crippen MR) is 126 cm³/mol. The van der Waals surface area contributed by atoms with Crippen molar-refractivity contribution in [2.24, 2.45) is 0 Å². The van der Waals surface area contributed by atoms with Crippen LogP contribution in [0.3, 0.4) is 0 Å². The van der Waals surface area contributed by atoms with E-state index in [4.69, 9.17) is 4.74 Å². The Morgan fingerprint density at radius 2 is 2.03 bits per heavy atom. The third-order valence-corrected chi connectivity index (χ3v) is 6.70. The molecule has 4 rings (SSSR count). The van der Waals surface area contributed by atoms with Crippen LogP contribution in [0.2, 0.25) is 0 Å². The Balaban J connectivity index is 1.31. The number of fused-ring (bicyclic) bond motifs is 1. The Bertz CT molecular complexity index is 1230.